The minimum absolute atomic E-state index is 0.0779. The van der Waals surface area contributed by atoms with E-state index >= 15 is 0 Å². The van der Waals surface area contributed by atoms with Crippen molar-refractivity contribution in [2.24, 2.45) is 0 Å². The molecule has 0 aliphatic heterocycles. The number of benzene rings is 1. The molecule has 0 aliphatic carbocycles. The van der Waals surface area contributed by atoms with Crippen molar-refractivity contribution >= 4 is 33.0 Å². The molecule has 132 valence electrons. The van der Waals surface area contributed by atoms with E-state index in [-0.39, 0.29) is 22.5 Å². The third-order valence-electron chi connectivity index (χ3n) is 3.86. The van der Waals surface area contributed by atoms with Gasteiger partial charge in [0, 0.05) is 12.2 Å². The van der Waals surface area contributed by atoms with E-state index in [1.165, 1.54) is 6.07 Å². The van der Waals surface area contributed by atoms with E-state index in [2.05, 4.69) is 9.82 Å². The molecule has 0 unspecified atom stereocenters. The Morgan fingerprint density at radius 1 is 1.28 bits per heavy atom. The van der Waals surface area contributed by atoms with Crippen molar-refractivity contribution in [3.63, 3.8) is 0 Å². The molecule has 0 aliphatic rings. The fourth-order valence-electron chi connectivity index (χ4n) is 2.70. The summed E-state index contributed by atoms with van der Waals surface area (Å²) in [5.41, 5.74) is 2.88. The van der Waals surface area contributed by atoms with E-state index in [4.69, 9.17) is 11.6 Å². The summed E-state index contributed by atoms with van der Waals surface area (Å²) in [6.45, 7) is 4.07. The molecular formula is C17H18ClN3O2S2. The zero-order valence-corrected chi connectivity index (χ0v) is 16.2. The minimum Gasteiger partial charge on any atom is -0.261 e. The number of hydrogen-bond donors (Lipinski definition) is 1. The number of halogens is 1. The van der Waals surface area contributed by atoms with Gasteiger partial charge < -0.3 is 0 Å². The molecule has 0 fully saturated rings. The van der Waals surface area contributed by atoms with Crippen LogP contribution < -0.4 is 4.72 Å². The Hall–Kier alpha value is -1.67. The molecule has 1 atom stereocenters. The van der Waals surface area contributed by atoms with Gasteiger partial charge in [0.2, 0.25) is 10.0 Å². The van der Waals surface area contributed by atoms with Crippen LogP contribution in [0.1, 0.15) is 23.0 Å². The highest BCUT2D eigenvalue weighted by molar-refractivity contribution is 7.89. The number of aromatic nitrogens is 2. The summed E-state index contributed by atoms with van der Waals surface area (Å²) in [6.07, 6.45) is 0. The number of sulfonamides is 1. The van der Waals surface area contributed by atoms with E-state index in [1.54, 1.807) is 29.5 Å². The van der Waals surface area contributed by atoms with Crippen molar-refractivity contribution in [2.45, 2.75) is 24.8 Å². The first-order chi connectivity index (χ1) is 11.9. The molecule has 1 aromatic carbocycles. The lowest BCUT2D eigenvalue weighted by Gasteiger charge is -2.19. The van der Waals surface area contributed by atoms with Gasteiger partial charge in [0.1, 0.15) is 4.90 Å². The van der Waals surface area contributed by atoms with Gasteiger partial charge in [-0.25, -0.2) is 13.1 Å². The summed E-state index contributed by atoms with van der Waals surface area (Å²) in [5, 5.41) is 8.69. The molecule has 25 heavy (non-hydrogen) atoms. The molecule has 2 aromatic heterocycles. The van der Waals surface area contributed by atoms with Gasteiger partial charge in [0.05, 0.1) is 16.8 Å². The zero-order chi connectivity index (χ0) is 18.0. The van der Waals surface area contributed by atoms with Crippen LogP contribution in [0.25, 0.3) is 0 Å². The monoisotopic (exact) mass is 395 g/mol. The van der Waals surface area contributed by atoms with Crippen LogP contribution in [-0.2, 0) is 10.0 Å². The highest BCUT2D eigenvalue weighted by atomic mass is 35.5. The number of nitrogens with zero attached hydrogens (tertiary/aromatic N) is 2. The van der Waals surface area contributed by atoms with Crippen LogP contribution in [-0.4, -0.2) is 24.7 Å². The molecule has 2 heterocycles. The van der Waals surface area contributed by atoms with Crippen LogP contribution >= 0.6 is 22.9 Å². The molecule has 8 heteroatoms. The van der Waals surface area contributed by atoms with E-state index in [9.17, 15) is 8.42 Å². The van der Waals surface area contributed by atoms with Crippen LogP contribution in [0.5, 0.6) is 0 Å². The largest absolute Gasteiger partial charge is 0.261 e. The molecule has 3 aromatic rings. The van der Waals surface area contributed by atoms with Gasteiger partial charge >= 0.3 is 0 Å². The van der Waals surface area contributed by atoms with Crippen molar-refractivity contribution in [3.8, 4) is 0 Å². The van der Waals surface area contributed by atoms with E-state index < -0.39 is 10.0 Å². The van der Waals surface area contributed by atoms with Crippen LogP contribution in [0.4, 0.5) is 0 Å². The quantitative estimate of drug-likeness (QED) is 0.690. The predicted octanol–water partition coefficient (Wildman–Crippen LogP) is 3.78. The number of rotatable bonds is 6. The van der Waals surface area contributed by atoms with Gasteiger partial charge in [-0.05, 0) is 54.4 Å². The van der Waals surface area contributed by atoms with Gasteiger partial charge in [0.25, 0.3) is 0 Å². The average Bonchev–Trinajstić information content (AvgIpc) is 3.18. The molecule has 0 saturated heterocycles. The summed E-state index contributed by atoms with van der Waals surface area (Å²) in [6, 6.07) is 10.1. The lowest BCUT2D eigenvalue weighted by Crippen LogP contribution is -2.32. The van der Waals surface area contributed by atoms with E-state index in [1.807, 2.05) is 41.4 Å². The topological polar surface area (TPSA) is 64.0 Å². The van der Waals surface area contributed by atoms with E-state index in [0.29, 0.717) is 0 Å². The number of aryl methyl sites for hydroxylation is 2. The lowest BCUT2D eigenvalue weighted by atomic mass is 10.1. The van der Waals surface area contributed by atoms with Gasteiger partial charge in [0.15, 0.2) is 0 Å². The highest BCUT2D eigenvalue weighted by Gasteiger charge is 2.23. The second kappa shape index (κ2) is 7.29. The summed E-state index contributed by atoms with van der Waals surface area (Å²) in [7, 11) is -3.71. The second-order valence-corrected chi connectivity index (χ2v) is 8.65. The normalized spacial score (nSPS) is 13.1. The van der Waals surface area contributed by atoms with Crippen molar-refractivity contribution in [1.29, 1.82) is 0 Å². The maximum absolute atomic E-state index is 12.6. The summed E-state index contributed by atoms with van der Waals surface area (Å²) in [4.78, 5) is 0.0779. The van der Waals surface area contributed by atoms with Crippen LogP contribution in [0, 0.1) is 13.8 Å². The molecule has 0 spiro atoms. The molecule has 1 N–H and O–H groups in total. The predicted molar refractivity (Wildman–Crippen MR) is 101 cm³/mol. The third kappa shape index (κ3) is 3.95. The maximum atomic E-state index is 12.6. The summed E-state index contributed by atoms with van der Waals surface area (Å²) in [5.74, 6) is 0. The smallest absolute Gasteiger partial charge is 0.242 e. The van der Waals surface area contributed by atoms with E-state index in [0.717, 1.165) is 17.0 Å². The molecule has 3 rings (SSSR count). The van der Waals surface area contributed by atoms with Gasteiger partial charge in [-0.2, -0.15) is 16.4 Å². The molecule has 0 amide bonds. The standard InChI is InChI=1S/C17H18ClN3O2S2/c1-12-9-13(2)21(20-12)16(14-7-8-24-11-14)10-19-25(22,23)17-6-4-3-5-15(17)18/h3-9,11,16,19H,10H2,1-2H3/t16-/m1/s1. The maximum Gasteiger partial charge on any atom is 0.242 e. The fraction of sp³-hybridized carbons (Fsp3) is 0.235. The number of nitrogens with one attached hydrogen (secondary N) is 1. The molecule has 5 nitrogen and oxygen atoms in total. The molecule has 0 radical (unpaired) electrons. The fourth-order valence-corrected chi connectivity index (χ4v) is 4.96. The summed E-state index contributed by atoms with van der Waals surface area (Å²) < 4.78 is 29.8. The summed E-state index contributed by atoms with van der Waals surface area (Å²) >= 11 is 7.60. The highest BCUT2D eigenvalue weighted by Crippen LogP contribution is 2.24. The lowest BCUT2D eigenvalue weighted by molar-refractivity contribution is 0.495. The first-order valence-corrected chi connectivity index (χ1v) is 10.5. The van der Waals surface area contributed by atoms with Gasteiger partial charge in [-0.3, -0.25) is 4.68 Å². The first-order valence-electron chi connectivity index (χ1n) is 7.67. The van der Waals surface area contributed by atoms with Crippen LogP contribution in [0.2, 0.25) is 5.02 Å². The molecular weight excluding hydrogens is 378 g/mol. The van der Waals surface area contributed by atoms with Gasteiger partial charge in [-0.1, -0.05) is 23.7 Å². The number of hydrogen-bond acceptors (Lipinski definition) is 4. The first kappa shape index (κ1) is 18.1. The van der Waals surface area contributed by atoms with Gasteiger partial charge in [-0.15, -0.1) is 0 Å². The van der Waals surface area contributed by atoms with Crippen molar-refractivity contribution in [1.82, 2.24) is 14.5 Å². The Kier molecular flexibility index (Phi) is 5.29. The van der Waals surface area contributed by atoms with Crippen molar-refractivity contribution in [2.75, 3.05) is 6.54 Å². The minimum atomic E-state index is -3.71. The third-order valence-corrected chi connectivity index (χ3v) is 6.49. The van der Waals surface area contributed by atoms with Crippen LogP contribution in [0.15, 0.2) is 52.1 Å². The Labute approximate surface area is 156 Å². The SMILES string of the molecule is Cc1cc(C)n([C@H](CNS(=O)(=O)c2ccccc2Cl)c2ccsc2)n1. The zero-order valence-electron chi connectivity index (χ0n) is 13.8. The average molecular weight is 396 g/mol. The van der Waals surface area contributed by atoms with Crippen molar-refractivity contribution in [3.05, 3.63) is 69.1 Å². The Bertz CT molecular complexity index is 966. The number of thiophene rings is 1. The second-order valence-electron chi connectivity index (χ2n) is 5.73. The Morgan fingerprint density at radius 2 is 2.04 bits per heavy atom. The van der Waals surface area contributed by atoms with Crippen molar-refractivity contribution < 1.29 is 8.42 Å². The Balaban J connectivity index is 1.90. The Morgan fingerprint density at radius 3 is 2.64 bits per heavy atom. The molecule has 0 bridgehead atoms. The molecule has 0 saturated carbocycles. The van der Waals surface area contributed by atoms with Crippen LogP contribution in [0.3, 0.4) is 0 Å².